The maximum absolute atomic E-state index is 11.1. The number of hydrogen-bond donors (Lipinski definition) is 2. The summed E-state index contributed by atoms with van der Waals surface area (Å²) in [6, 6.07) is 16.4. The largest absolute Gasteiger partial charge is 0.494 e. The number of anilines is 1. The van der Waals surface area contributed by atoms with E-state index in [0.717, 1.165) is 48.8 Å². The lowest BCUT2D eigenvalue weighted by Crippen LogP contribution is -2.27. The summed E-state index contributed by atoms with van der Waals surface area (Å²) in [5, 5.41) is 0. The number of rotatable bonds is 11. The van der Waals surface area contributed by atoms with Crippen molar-refractivity contribution in [3.63, 3.8) is 0 Å². The van der Waals surface area contributed by atoms with Crippen LogP contribution in [-0.4, -0.2) is 19.2 Å². The lowest BCUT2D eigenvalue weighted by Gasteiger charge is -2.14. The average molecular weight is 375 g/mol. The Balaban J connectivity index is 1.53. The first-order valence-electron chi connectivity index (χ1n) is 8.86. The second-order valence-electron chi connectivity index (χ2n) is 5.93. The monoisotopic (exact) mass is 374 g/mol. The molecule has 6 heteroatoms. The van der Waals surface area contributed by atoms with Gasteiger partial charge in [0.25, 0.3) is 0 Å². The van der Waals surface area contributed by atoms with Crippen LogP contribution in [0.1, 0.15) is 32.1 Å². The van der Waals surface area contributed by atoms with Gasteiger partial charge in [0, 0.05) is 6.07 Å². The van der Waals surface area contributed by atoms with E-state index in [9.17, 15) is 4.79 Å². The van der Waals surface area contributed by atoms with E-state index >= 15 is 0 Å². The van der Waals surface area contributed by atoms with Gasteiger partial charge in [-0.05, 0) is 37.1 Å². The third kappa shape index (κ3) is 7.27. The molecule has 0 aliphatic carbocycles. The Hall–Kier alpha value is -2.34. The number of unbranched alkanes of at least 4 members (excludes halogenated alkanes) is 4. The maximum atomic E-state index is 11.1. The summed E-state index contributed by atoms with van der Waals surface area (Å²) < 4.78 is 12.5. The van der Waals surface area contributed by atoms with Crippen LogP contribution in [0, 0.1) is 0 Å². The summed E-state index contributed by atoms with van der Waals surface area (Å²) >= 11 is 4.04. The van der Waals surface area contributed by atoms with Gasteiger partial charge in [0.1, 0.15) is 11.5 Å². The molecule has 2 aromatic rings. The molecule has 2 rings (SSSR count). The van der Waals surface area contributed by atoms with E-state index in [2.05, 4.69) is 12.8 Å². The normalized spacial score (nSPS) is 10.3. The molecule has 0 atom stereocenters. The van der Waals surface area contributed by atoms with Gasteiger partial charge in [-0.25, -0.2) is 9.10 Å². The zero-order valence-corrected chi connectivity index (χ0v) is 15.7. The molecule has 0 aromatic heterocycles. The number of carbonyl (C=O) groups is 1. The molecule has 0 saturated heterocycles. The SMILES string of the molecule is NC(=O)N(S)c1cccc(OCCCCCCCOc2ccccc2)c1. The average Bonchev–Trinajstić information content (AvgIpc) is 2.67. The van der Waals surface area contributed by atoms with Gasteiger partial charge >= 0.3 is 6.03 Å². The highest BCUT2D eigenvalue weighted by Gasteiger charge is 2.08. The number of urea groups is 1. The molecule has 0 fully saturated rings. The van der Waals surface area contributed by atoms with Crippen LogP contribution >= 0.6 is 12.8 Å². The van der Waals surface area contributed by atoms with Crippen LogP contribution in [0.25, 0.3) is 0 Å². The van der Waals surface area contributed by atoms with Crippen LogP contribution in [0.15, 0.2) is 54.6 Å². The molecule has 0 aliphatic heterocycles. The summed E-state index contributed by atoms with van der Waals surface area (Å²) in [7, 11) is 0. The van der Waals surface area contributed by atoms with Crippen molar-refractivity contribution in [2.75, 3.05) is 17.5 Å². The Morgan fingerprint density at radius 1 is 0.846 bits per heavy atom. The van der Waals surface area contributed by atoms with E-state index in [1.54, 1.807) is 12.1 Å². The first-order valence-corrected chi connectivity index (χ1v) is 9.26. The molecular weight excluding hydrogens is 348 g/mol. The Bertz CT molecular complexity index is 667. The number of nitrogens with two attached hydrogens (primary N) is 1. The Morgan fingerprint density at radius 3 is 2.08 bits per heavy atom. The molecule has 2 N–H and O–H groups in total. The minimum Gasteiger partial charge on any atom is -0.494 e. The molecule has 0 unspecified atom stereocenters. The van der Waals surface area contributed by atoms with Crippen LogP contribution in [0.3, 0.4) is 0 Å². The van der Waals surface area contributed by atoms with Crippen molar-refractivity contribution >= 4 is 24.5 Å². The lowest BCUT2D eigenvalue weighted by molar-refractivity contribution is 0.257. The van der Waals surface area contributed by atoms with Crippen LogP contribution < -0.4 is 19.5 Å². The van der Waals surface area contributed by atoms with E-state index < -0.39 is 6.03 Å². The van der Waals surface area contributed by atoms with Crippen molar-refractivity contribution < 1.29 is 14.3 Å². The summed E-state index contributed by atoms with van der Waals surface area (Å²) in [4.78, 5) is 11.1. The highest BCUT2D eigenvalue weighted by Crippen LogP contribution is 2.22. The number of amides is 2. The van der Waals surface area contributed by atoms with Gasteiger partial charge in [-0.3, -0.25) is 0 Å². The van der Waals surface area contributed by atoms with E-state index in [4.69, 9.17) is 15.2 Å². The smallest absolute Gasteiger partial charge is 0.329 e. The van der Waals surface area contributed by atoms with E-state index in [-0.39, 0.29) is 0 Å². The Labute approximate surface area is 160 Å². The molecule has 0 heterocycles. The van der Waals surface area contributed by atoms with Crippen molar-refractivity contribution in [3.8, 4) is 11.5 Å². The van der Waals surface area contributed by atoms with Crippen molar-refractivity contribution in [2.45, 2.75) is 32.1 Å². The van der Waals surface area contributed by atoms with Gasteiger partial charge in [-0.15, -0.1) is 0 Å². The lowest BCUT2D eigenvalue weighted by atomic mass is 10.1. The van der Waals surface area contributed by atoms with Gasteiger partial charge < -0.3 is 15.2 Å². The van der Waals surface area contributed by atoms with Crippen LogP contribution in [0.4, 0.5) is 10.5 Å². The number of hydrogen-bond acceptors (Lipinski definition) is 4. The second-order valence-corrected chi connectivity index (χ2v) is 6.33. The highest BCUT2D eigenvalue weighted by atomic mass is 32.1. The molecule has 0 radical (unpaired) electrons. The fourth-order valence-corrected chi connectivity index (χ4v) is 2.59. The number of thiol groups is 1. The minimum absolute atomic E-state index is 0.594. The quantitative estimate of drug-likeness (QED) is 0.437. The number of para-hydroxylation sites is 1. The fourth-order valence-electron chi connectivity index (χ4n) is 2.46. The van der Waals surface area contributed by atoms with Crippen LogP contribution in [0.5, 0.6) is 11.5 Å². The number of benzene rings is 2. The van der Waals surface area contributed by atoms with Crippen molar-refractivity contribution in [3.05, 3.63) is 54.6 Å². The fraction of sp³-hybridized carbons (Fsp3) is 0.350. The zero-order chi connectivity index (χ0) is 18.6. The van der Waals surface area contributed by atoms with Crippen molar-refractivity contribution in [1.82, 2.24) is 0 Å². The van der Waals surface area contributed by atoms with Gasteiger partial charge in [0.05, 0.1) is 18.9 Å². The number of ether oxygens (including phenoxy) is 2. The molecule has 0 saturated carbocycles. The first-order chi connectivity index (χ1) is 12.7. The zero-order valence-electron chi connectivity index (χ0n) is 14.8. The molecule has 0 spiro atoms. The van der Waals surface area contributed by atoms with Crippen LogP contribution in [0.2, 0.25) is 0 Å². The van der Waals surface area contributed by atoms with Crippen LogP contribution in [-0.2, 0) is 0 Å². The molecular formula is C20H26N2O3S. The predicted molar refractivity (Wildman–Crippen MR) is 108 cm³/mol. The first kappa shape index (κ1) is 20.0. The third-order valence-corrected chi connectivity index (χ3v) is 4.27. The summed E-state index contributed by atoms with van der Waals surface area (Å²) in [6.45, 7) is 1.40. The van der Waals surface area contributed by atoms with Gasteiger partial charge in [0.2, 0.25) is 0 Å². The van der Waals surface area contributed by atoms with Gasteiger partial charge in [0.15, 0.2) is 0 Å². The summed E-state index contributed by atoms with van der Waals surface area (Å²) in [6.07, 6.45) is 5.47. The van der Waals surface area contributed by atoms with Crippen molar-refractivity contribution in [1.29, 1.82) is 0 Å². The molecule has 2 amide bonds. The highest BCUT2D eigenvalue weighted by molar-refractivity contribution is 7.82. The summed E-state index contributed by atoms with van der Waals surface area (Å²) in [5.41, 5.74) is 5.80. The molecule has 0 aliphatic rings. The molecule has 0 bridgehead atoms. The van der Waals surface area contributed by atoms with E-state index in [1.165, 1.54) is 0 Å². The number of primary amides is 1. The predicted octanol–water partition coefficient (Wildman–Crippen LogP) is 4.82. The maximum Gasteiger partial charge on any atom is 0.329 e. The Morgan fingerprint density at radius 2 is 1.42 bits per heavy atom. The van der Waals surface area contributed by atoms with Gasteiger partial charge in [-0.1, -0.05) is 56.3 Å². The van der Waals surface area contributed by atoms with Crippen molar-refractivity contribution in [2.24, 2.45) is 5.73 Å². The van der Waals surface area contributed by atoms with E-state index in [1.807, 2.05) is 42.5 Å². The Kier molecular flexibility index (Phi) is 8.69. The number of nitrogens with zero attached hydrogens (tertiary/aromatic N) is 1. The van der Waals surface area contributed by atoms with E-state index in [0.29, 0.717) is 18.0 Å². The number of carbonyl (C=O) groups excluding carboxylic acids is 1. The topological polar surface area (TPSA) is 64.8 Å². The van der Waals surface area contributed by atoms with Gasteiger partial charge in [-0.2, -0.15) is 0 Å². The summed E-state index contributed by atoms with van der Waals surface area (Å²) in [5.74, 6) is 1.64. The molecule has 2 aromatic carbocycles. The molecule has 5 nitrogen and oxygen atoms in total. The minimum atomic E-state index is -0.623. The molecule has 140 valence electrons. The third-order valence-electron chi connectivity index (χ3n) is 3.84. The molecule has 26 heavy (non-hydrogen) atoms. The standard InChI is InChI=1S/C20H26N2O3S/c21-20(23)22(26)17-10-9-13-19(16-17)25-15-8-3-1-2-7-14-24-18-11-5-4-6-12-18/h4-6,9-13,16,26H,1-3,7-8,14-15H2,(H2,21,23). The second kappa shape index (κ2) is 11.3.